The summed E-state index contributed by atoms with van der Waals surface area (Å²) in [5.74, 6) is -0.538. The summed E-state index contributed by atoms with van der Waals surface area (Å²) >= 11 is 0. The highest BCUT2D eigenvalue weighted by Crippen LogP contribution is 2.32. The second-order valence-electron chi connectivity index (χ2n) is 6.69. The highest BCUT2D eigenvalue weighted by molar-refractivity contribution is 5.13. The van der Waals surface area contributed by atoms with Crippen LogP contribution >= 0.6 is 0 Å². The van der Waals surface area contributed by atoms with Crippen molar-refractivity contribution in [1.29, 1.82) is 0 Å². The Bertz CT molecular complexity index is 473. The first kappa shape index (κ1) is 15.9. The second kappa shape index (κ2) is 6.67. The number of hydrogen-bond acceptors (Lipinski definition) is 4. The van der Waals surface area contributed by atoms with Crippen LogP contribution < -0.4 is 0 Å². The van der Waals surface area contributed by atoms with E-state index in [1.54, 1.807) is 0 Å². The van der Waals surface area contributed by atoms with E-state index in [1.807, 2.05) is 32.0 Å². The Hall–Kier alpha value is -0.940. The van der Waals surface area contributed by atoms with Crippen molar-refractivity contribution in [1.82, 2.24) is 0 Å². The fourth-order valence-electron chi connectivity index (χ4n) is 3.17. The maximum Gasteiger partial charge on any atom is 0.163 e. The molecule has 4 atom stereocenters. The lowest BCUT2D eigenvalue weighted by atomic mass is 10.0. The Balaban J connectivity index is 1.66. The summed E-state index contributed by atoms with van der Waals surface area (Å²) in [6.45, 7) is 7.13. The van der Waals surface area contributed by atoms with Crippen molar-refractivity contribution >= 4 is 0 Å². The molecule has 2 aliphatic rings. The molecule has 2 heterocycles. The van der Waals surface area contributed by atoms with Crippen LogP contribution in [0.4, 0.5) is 0 Å². The third kappa shape index (κ3) is 3.87. The van der Waals surface area contributed by atoms with Crippen molar-refractivity contribution in [3.63, 3.8) is 0 Å². The lowest BCUT2D eigenvalue weighted by Gasteiger charge is -2.29. The minimum absolute atomic E-state index is 0.0750. The standard InChI is InChI=1S/C18H26O4/c1-13-9-10-15(21-13)17(16-12-20-18(2,3)22-16)19-11-14-7-5-4-6-8-14/h4-8,13,15-17H,9-12H2,1-3H3/t13?,15-,16+,17+/m1/s1. The molecule has 0 N–H and O–H groups in total. The van der Waals surface area contributed by atoms with Crippen LogP contribution in [-0.4, -0.2) is 36.8 Å². The van der Waals surface area contributed by atoms with Crippen molar-refractivity contribution in [3.8, 4) is 0 Å². The molecular formula is C18H26O4. The normalized spacial score (nSPS) is 32.2. The Morgan fingerprint density at radius 2 is 1.95 bits per heavy atom. The van der Waals surface area contributed by atoms with Crippen LogP contribution in [0.3, 0.4) is 0 Å². The van der Waals surface area contributed by atoms with E-state index in [9.17, 15) is 0 Å². The van der Waals surface area contributed by atoms with E-state index in [2.05, 4.69) is 19.1 Å². The van der Waals surface area contributed by atoms with E-state index in [-0.39, 0.29) is 18.3 Å². The lowest BCUT2D eigenvalue weighted by molar-refractivity contribution is -0.175. The van der Waals surface area contributed by atoms with E-state index in [1.165, 1.54) is 0 Å². The lowest BCUT2D eigenvalue weighted by Crippen LogP contribution is -2.42. The van der Waals surface area contributed by atoms with Crippen molar-refractivity contribution in [2.24, 2.45) is 0 Å². The van der Waals surface area contributed by atoms with Gasteiger partial charge in [-0.3, -0.25) is 0 Å². The molecule has 0 spiro atoms. The molecule has 4 heteroatoms. The van der Waals surface area contributed by atoms with Gasteiger partial charge < -0.3 is 18.9 Å². The number of rotatable bonds is 5. The molecule has 0 bridgehead atoms. The van der Waals surface area contributed by atoms with Crippen molar-refractivity contribution in [2.45, 2.75) is 70.4 Å². The Labute approximate surface area is 132 Å². The molecule has 0 amide bonds. The summed E-state index contributed by atoms with van der Waals surface area (Å²) < 4.78 is 24.0. The van der Waals surface area contributed by atoms with Gasteiger partial charge in [-0.25, -0.2) is 0 Å². The molecule has 2 saturated heterocycles. The maximum atomic E-state index is 6.21. The summed E-state index contributed by atoms with van der Waals surface area (Å²) in [4.78, 5) is 0. The number of hydrogen-bond donors (Lipinski definition) is 0. The van der Waals surface area contributed by atoms with Crippen LogP contribution in [0.15, 0.2) is 30.3 Å². The molecular weight excluding hydrogens is 280 g/mol. The molecule has 0 aliphatic carbocycles. The fourth-order valence-corrected chi connectivity index (χ4v) is 3.17. The van der Waals surface area contributed by atoms with Gasteiger partial charge in [0.2, 0.25) is 0 Å². The van der Waals surface area contributed by atoms with Gasteiger partial charge in [-0.2, -0.15) is 0 Å². The van der Waals surface area contributed by atoms with Crippen LogP contribution in [0, 0.1) is 0 Å². The Kier molecular flexibility index (Phi) is 4.83. The topological polar surface area (TPSA) is 36.9 Å². The Morgan fingerprint density at radius 3 is 2.55 bits per heavy atom. The first-order valence-corrected chi connectivity index (χ1v) is 8.16. The molecule has 0 radical (unpaired) electrons. The Morgan fingerprint density at radius 1 is 1.18 bits per heavy atom. The quantitative estimate of drug-likeness (QED) is 0.836. The third-order valence-electron chi connectivity index (χ3n) is 4.31. The van der Waals surface area contributed by atoms with Crippen LogP contribution in [0.25, 0.3) is 0 Å². The highest BCUT2D eigenvalue weighted by Gasteiger charge is 2.43. The first-order chi connectivity index (χ1) is 10.5. The summed E-state index contributed by atoms with van der Waals surface area (Å²) in [5.41, 5.74) is 1.16. The predicted molar refractivity (Wildman–Crippen MR) is 83.5 cm³/mol. The molecule has 1 unspecified atom stereocenters. The van der Waals surface area contributed by atoms with Gasteiger partial charge in [0.15, 0.2) is 5.79 Å². The molecule has 0 aromatic heterocycles. The second-order valence-corrected chi connectivity index (χ2v) is 6.69. The van der Waals surface area contributed by atoms with Gasteiger partial charge in [-0.1, -0.05) is 30.3 Å². The van der Waals surface area contributed by atoms with Gasteiger partial charge in [0, 0.05) is 0 Å². The van der Waals surface area contributed by atoms with Gasteiger partial charge in [-0.05, 0) is 39.2 Å². The zero-order valence-corrected chi connectivity index (χ0v) is 13.7. The van der Waals surface area contributed by atoms with E-state index >= 15 is 0 Å². The van der Waals surface area contributed by atoms with Gasteiger partial charge in [0.25, 0.3) is 0 Å². The average molecular weight is 306 g/mol. The molecule has 2 fully saturated rings. The molecule has 3 rings (SSSR count). The van der Waals surface area contributed by atoms with Crippen molar-refractivity contribution < 1.29 is 18.9 Å². The predicted octanol–water partition coefficient (Wildman–Crippen LogP) is 3.29. The average Bonchev–Trinajstić information content (AvgIpc) is 3.07. The maximum absolute atomic E-state index is 6.21. The van der Waals surface area contributed by atoms with Gasteiger partial charge in [0.1, 0.15) is 12.2 Å². The highest BCUT2D eigenvalue weighted by atomic mass is 16.8. The molecule has 4 nitrogen and oxygen atoms in total. The molecule has 122 valence electrons. The van der Waals surface area contributed by atoms with Gasteiger partial charge in [0.05, 0.1) is 25.4 Å². The molecule has 1 aromatic rings. The van der Waals surface area contributed by atoms with E-state index in [0.717, 1.165) is 18.4 Å². The van der Waals surface area contributed by atoms with Gasteiger partial charge in [-0.15, -0.1) is 0 Å². The van der Waals surface area contributed by atoms with E-state index in [0.29, 0.717) is 19.3 Å². The smallest absolute Gasteiger partial charge is 0.163 e. The van der Waals surface area contributed by atoms with Crippen molar-refractivity contribution in [2.75, 3.05) is 6.61 Å². The summed E-state index contributed by atoms with van der Waals surface area (Å²) in [5, 5.41) is 0. The molecule has 0 saturated carbocycles. The zero-order valence-electron chi connectivity index (χ0n) is 13.7. The van der Waals surface area contributed by atoms with Gasteiger partial charge >= 0.3 is 0 Å². The molecule has 22 heavy (non-hydrogen) atoms. The third-order valence-corrected chi connectivity index (χ3v) is 4.31. The van der Waals surface area contributed by atoms with Crippen molar-refractivity contribution in [3.05, 3.63) is 35.9 Å². The SMILES string of the molecule is CC1CC[C@H]([C@H](OCc2ccccc2)[C@@H]2COC(C)(C)O2)O1. The van der Waals surface area contributed by atoms with Crippen LogP contribution in [0.1, 0.15) is 39.2 Å². The number of benzene rings is 1. The summed E-state index contributed by atoms with van der Waals surface area (Å²) in [6.07, 6.45) is 2.30. The summed E-state index contributed by atoms with van der Waals surface area (Å²) in [6, 6.07) is 10.2. The van der Waals surface area contributed by atoms with Crippen LogP contribution in [0.5, 0.6) is 0 Å². The largest absolute Gasteiger partial charge is 0.372 e. The number of ether oxygens (including phenoxy) is 4. The van der Waals surface area contributed by atoms with E-state index < -0.39 is 5.79 Å². The minimum atomic E-state index is -0.538. The van der Waals surface area contributed by atoms with Crippen LogP contribution in [-0.2, 0) is 25.6 Å². The minimum Gasteiger partial charge on any atom is -0.372 e. The van der Waals surface area contributed by atoms with Crippen LogP contribution in [0.2, 0.25) is 0 Å². The monoisotopic (exact) mass is 306 g/mol. The zero-order chi connectivity index (χ0) is 15.6. The molecule has 2 aliphatic heterocycles. The first-order valence-electron chi connectivity index (χ1n) is 8.16. The summed E-state index contributed by atoms with van der Waals surface area (Å²) in [7, 11) is 0. The van der Waals surface area contributed by atoms with E-state index in [4.69, 9.17) is 18.9 Å². The fraction of sp³-hybridized carbons (Fsp3) is 0.667. The molecule has 1 aromatic carbocycles.